The van der Waals surface area contributed by atoms with Crippen LogP contribution in [0.3, 0.4) is 0 Å². The number of hydrogen-bond donors (Lipinski definition) is 0. The van der Waals surface area contributed by atoms with Gasteiger partial charge in [0.25, 0.3) is 0 Å². The Bertz CT molecular complexity index is 637. The summed E-state index contributed by atoms with van der Waals surface area (Å²) in [5.41, 5.74) is 1.19. The Balaban J connectivity index is 2.19. The molecule has 0 amide bonds. The molecule has 1 unspecified atom stereocenters. The molecule has 0 aliphatic heterocycles. The van der Waals surface area contributed by atoms with Gasteiger partial charge in [-0.2, -0.15) is 5.26 Å². The fourth-order valence-electron chi connectivity index (χ4n) is 1.47. The molecule has 0 radical (unpaired) electrons. The molecule has 0 N–H and O–H groups in total. The Morgan fingerprint density at radius 3 is 2.89 bits per heavy atom. The monoisotopic (exact) mass is 320 g/mol. The lowest BCUT2D eigenvalue weighted by atomic mass is 10.2. The molecule has 0 saturated heterocycles. The highest BCUT2D eigenvalue weighted by atomic mass is 79.9. The zero-order valence-electron chi connectivity index (χ0n) is 9.34. The van der Waals surface area contributed by atoms with Crippen molar-refractivity contribution in [1.29, 1.82) is 5.26 Å². The minimum absolute atomic E-state index is 0.346. The molecule has 5 heteroatoms. The van der Waals surface area contributed by atoms with Gasteiger partial charge in [0, 0.05) is 15.6 Å². The van der Waals surface area contributed by atoms with E-state index in [1.807, 2.05) is 30.3 Å². The zero-order chi connectivity index (χ0) is 13.0. The molecule has 0 saturated carbocycles. The molecule has 1 aromatic heterocycles. The van der Waals surface area contributed by atoms with Gasteiger partial charge in [0.05, 0.1) is 16.6 Å². The van der Waals surface area contributed by atoms with Gasteiger partial charge in [-0.1, -0.05) is 22.0 Å². The molecule has 18 heavy (non-hydrogen) atoms. The largest absolute Gasteiger partial charge is 0.254 e. The Morgan fingerprint density at radius 2 is 2.17 bits per heavy atom. The lowest BCUT2D eigenvalue weighted by Gasteiger charge is -2.03. The summed E-state index contributed by atoms with van der Waals surface area (Å²) in [4.78, 5) is 4.65. The second kappa shape index (κ2) is 5.89. The van der Waals surface area contributed by atoms with E-state index in [-0.39, 0.29) is 0 Å². The van der Waals surface area contributed by atoms with Gasteiger partial charge in [-0.25, -0.2) is 4.98 Å². The van der Waals surface area contributed by atoms with Crippen LogP contribution in [0.15, 0.2) is 52.0 Å². The van der Waals surface area contributed by atoms with E-state index in [0.717, 1.165) is 14.9 Å². The fourth-order valence-corrected chi connectivity index (χ4v) is 3.16. The van der Waals surface area contributed by atoms with E-state index < -0.39 is 10.8 Å². The molecule has 0 aliphatic rings. The van der Waals surface area contributed by atoms with Crippen LogP contribution in [0.5, 0.6) is 0 Å². The average Bonchev–Trinajstić information content (AvgIpc) is 2.39. The third-order valence-electron chi connectivity index (χ3n) is 2.30. The number of hydrogen-bond acceptors (Lipinski definition) is 3. The van der Waals surface area contributed by atoms with Crippen molar-refractivity contribution in [2.45, 2.75) is 10.6 Å². The lowest BCUT2D eigenvalue weighted by Crippen LogP contribution is -1.97. The Kier molecular flexibility index (Phi) is 4.24. The fraction of sp³-hybridized carbons (Fsp3) is 0.0769. The first kappa shape index (κ1) is 12.9. The van der Waals surface area contributed by atoms with Crippen LogP contribution in [0.25, 0.3) is 0 Å². The third-order valence-corrected chi connectivity index (χ3v) is 4.16. The van der Waals surface area contributed by atoms with Crippen molar-refractivity contribution in [3.05, 3.63) is 58.3 Å². The quantitative estimate of drug-likeness (QED) is 0.873. The number of nitrogens with zero attached hydrogens (tertiary/aromatic N) is 2. The molecule has 2 rings (SSSR count). The standard InChI is InChI=1S/C13H9BrN2OS/c14-11-2-1-3-13(7-11)18(17)9-10-4-5-16-12(6-10)8-15/h1-7H,9H2. The molecule has 0 bridgehead atoms. The summed E-state index contributed by atoms with van der Waals surface area (Å²) < 4.78 is 13.1. The summed E-state index contributed by atoms with van der Waals surface area (Å²) >= 11 is 3.35. The normalized spacial score (nSPS) is 11.8. The van der Waals surface area contributed by atoms with Crippen molar-refractivity contribution >= 4 is 26.7 Å². The average molecular weight is 321 g/mol. The van der Waals surface area contributed by atoms with E-state index in [0.29, 0.717) is 11.4 Å². The van der Waals surface area contributed by atoms with Crippen molar-refractivity contribution in [3.8, 4) is 6.07 Å². The lowest BCUT2D eigenvalue weighted by molar-refractivity contribution is 0.682. The number of aromatic nitrogens is 1. The number of halogens is 1. The van der Waals surface area contributed by atoms with Crippen LogP contribution < -0.4 is 0 Å². The van der Waals surface area contributed by atoms with Gasteiger partial charge in [-0.15, -0.1) is 0 Å². The van der Waals surface area contributed by atoms with E-state index in [9.17, 15) is 4.21 Å². The van der Waals surface area contributed by atoms with Gasteiger partial charge in [-0.05, 0) is 35.9 Å². The topological polar surface area (TPSA) is 53.8 Å². The molecule has 0 spiro atoms. The summed E-state index contributed by atoms with van der Waals surface area (Å²) in [5.74, 6) is 0.383. The maximum Gasteiger partial charge on any atom is 0.140 e. The van der Waals surface area contributed by atoms with Gasteiger partial charge in [0.15, 0.2) is 0 Å². The first-order valence-corrected chi connectivity index (χ1v) is 7.29. The van der Waals surface area contributed by atoms with E-state index >= 15 is 0 Å². The molecular weight excluding hydrogens is 312 g/mol. The summed E-state index contributed by atoms with van der Waals surface area (Å²) in [7, 11) is -1.12. The van der Waals surface area contributed by atoms with Gasteiger partial charge >= 0.3 is 0 Å². The maximum atomic E-state index is 12.2. The van der Waals surface area contributed by atoms with Gasteiger partial charge in [0.1, 0.15) is 11.8 Å². The first-order chi connectivity index (χ1) is 8.69. The molecule has 0 fully saturated rings. The van der Waals surface area contributed by atoms with E-state index in [1.54, 1.807) is 18.3 Å². The van der Waals surface area contributed by atoms with Gasteiger partial charge in [0.2, 0.25) is 0 Å². The smallest absolute Gasteiger partial charge is 0.140 e. The highest BCUT2D eigenvalue weighted by Gasteiger charge is 2.06. The number of nitriles is 1. The van der Waals surface area contributed by atoms with Crippen molar-refractivity contribution in [3.63, 3.8) is 0 Å². The zero-order valence-corrected chi connectivity index (χ0v) is 11.7. The molecular formula is C13H9BrN2OS. The minimum Gasteiger partial charge on any atom is -0.254 e. The summed E-state index contributed by atoms with van der Waals surface area (Å²) in [6.07, 6.45) is 1.56. The first-order valence-electron chi connectivity index (χ1n) is 5.18. The predicted octanol–water partition coefficient (Wildman–Crippen LogP) is 3.02. The Labute approximate surface area is 116 Å². The number of rotatable bonds is 3. The summed E-state index contributed by atoms with van der Waals surface area (Å²) in [6.45, 7) is 0. The van der Waals surface area contributed by atoms with Gasteiger partial charge < -0.3 is 0 Å². The van der Waals surface area contributed by atoms with Crippen LogP contribution >= 0.6 is 15.9 Å². The molecule has 0 aliphatic carbocycles. The summed E-state index contributed by atoms with van der Waals surface area (Å²) in [5, 5.41) is 8.76. The van der Waals surface area contributed by atoms with Crippen LogP contribution in [0.1, 0.15) is 11.3 Å². The van der Waals surface area contributed by atoms with Crippen LogP contribution in [-0.2, 0) is 16.6 Å². The Morgan fingerprint density at radius 1 is 1.33 bits per heavy atom. The third kappa shape index (κ3) is 3.25. The summed E-state index contributed by atoms with van der Waals surface area (Å²) in [6, 6.07) is 12.8. The van der Waals surface area contributed by atoms with Crippen molar-refractivity contribution in [2.75, 3.05) is 0 Å². The molecule has 2 aromatic rings. The van der Waals surface area contributed by atoms with E-state index in [1.165, 1.54) is 0 Å². The van der Waals surface area contributed by atoms with Crippen molar-refractivity contribution in [1.82, 2.24) is 4.98 Å². The second-order valence-electron chi connectivity index (χ2n) is 3.61. The number of pyridine rings is 1. The van der Waals surface area contributed by atoms with Crippen LogP contribution in [0, 0.1) is 11.3 Å². The molecule has 90 valence electrons. The van der Waals surface area contributed by atoms with Crippen molar-refractivity contribution in [2.24, 2.45) is 0 Å². The maximum absolute atomic E-state index is 12.2. The highest BCUT2D eigenvalue weighted by Crippen LogP contribution is 2.17. The van der Waals surface area contributed by atoms with Crippen LogP contribution in [-0.4, -0.2) is 9.19 Å². The van der Waals surface area contributed by atoms with Gasteiger partial charge in [-0.3, -0.25) is 4.21 Å². The van der Waals surface area contributed by atoms with Crippen LogP contribution in [0.2, 0.25) is 0 Å². The highest BCUT2D eigenvalue weighted by molar-refractivity contribution is 9.10. The van der Waals surface area contributed by atoms with Crippen LogP contribution in [0.4, 0.5) is 0 Å². The SMILES string of the molecule is N#Cc1cc(CS(=O)c2cccc(Br)c2)ccn1. The predicted molar refractivity (Wildman–Crippen MR) is 73.2 cm³/mol. The van der Waals surface area contributed by atoms with E-state index in [4.69, 9.17) is 5.26 Å². The molecule has 3 nitrogen and oxygen atoms in total. The number of benzene rings is 1. The van der Waals surface area contributed by atoms with Crippen molar-refractivity contribution < 1.29 is 4.21 Å². The molecule has 1 heterocycles. The molecule has 1 atom stereocenters. The van der Waals surface area contributed by atoms with E-state index in [2.05, 4.69) is 20.9 Å². The second-order valence-corrected chi connectivity index (χ2v) is 5.98. The Hall–Kier alpha value is -1.51. The molecule has 1 aromatic carbocycles. The minimum atomic E-state index is -1.12.